The zero-order valence-corrected chi connectivity index (χ0v) is 10.9. The lowest BCUT2D eigenvalue weighted by Gasteiger charge is -2.31. The van der Waals surface area contributed by atoms with Gasteiger partial charge in [-0.25, -0.2) is 9.59 Å². The Bertz CT molecular complexity index is 425. The summed E-state index contributed by atoms with van der Waals surface area (Å²) in [6.45, 7) is 0.618. The molecule has 0 bridgehead atoms. The first-order valence-electron chi connectivity index (χ1n) is 6.17. The topological polar surface area (TPSA) is 156 Å². The summed E-state index contributed by atoms with van der Waals surface area (Å²) in [6, 6.07) is -1.97. The van der Waals surface area contributed by atoms with Gasteiger partial charge in [-0.2, -0.15) is 0 Å². The SMILES string of the molecule is NC(=O)C[C@@H](NC(=O)C1CCCN(C(N)=O)C1)C(=O)O. The Balaban J connectivity index is 2.61. The van der Waals surface area contributed by atoms with Gasteiger partial charge in [0, 0.05) is 13.1 Å². The third kappa shape index (κ3) is 4.41. The van der Waals surface area contributed by atoms with Crippen LogP contribution in [0.5, 0.6) is 0 Å². The molecule has 20 heavy (non-hydrogen) atoms. The molecule has 0 saturated carbocycles. The molecule has 1 unspecified atom stereocenters. The minimum atomic E-state index is -1.36. The highest BCUT2D eigenvalue weighted by Crippen LogP contribution is 2.16. The van der Waals surface area contributed by atoms with Crippen molar-refractivity contribution in [2.45, 2.75) is 25.3 Å². The van der Waals surface area contributed by atoms with Crippen LogP contribution in [0, 0.1) is 5.92 Å². The Labute approximate surface area is 115 Å². The fourth-order valence-corrected chi connectivity index (χ4v) is 2.08. The molecule has 1 rings (SSSR count). The summed E-state index contributed by atoms with van der Waals surface area (Å²) in [5, 5.41) is 11.2. The van der Waals surface area contributed by atoms with Gasteiger partial charge in [-0.1, -0.05) is 0 Å². The van der Waals surface area contributed by atoms with Crippen molar-refractivity contribution in [1.82, 2.24) is 10.2 Å². The highest BCUT2D eigenvalue weighted by molar-refractivity contribution is 5.89. The third-order valence-corrected chi connectivity index (χ3v) is 3.12. The van der Waals surface area contributed by atoms with E-state index in [0.29, 0.717) is 19.4 Å². The van der Waals surface area contributed by atoms with E-state index in [0.717, 1.165) is 0 Å². The number of nitrogens with zero attached hydrogens (tertiary/aromatic N) is 1. The van der Waals surface area contributed by atoms with Gasteiger partial charge in [-0.15, -0.1) is 0 Å². The fourth-order valence-electron chi connectivity index (χ4n) is 2.08. The summed E-state index contributed by atoms with van der Waals surface area (Å²) in [5.41, 5.74) is 10.1. The van der Waals surface area contributed by atoms with Crippen molar-refractivity contribution in [3.05, 3.63) is 0 Å². The number of carboxylic acid groups (broad SMARTS) is 1. The van der Waals surface area contributed by atoms with E-state index in [1.165, 1.54) is 4.90 Å². The zero-order valence-electron chi connectivity index (χ0n) is 10.9. The Kier molecular flexibility index (Phi) is 5.30. The molecule has 4 amide bonds. The number of carboxylic acids is 1. The number of amides is 4. The Morgan fingerprint density at radius 1 is 1.30 bits per heavy atom. The van der Waals surface area contributed by atoms with Gasteiger partial charge >= 0.3 is 12.0 Å². The molecular weight excluding hydrogens is 268 g/mol. The van der Waals surface area contributed by atoms with E-state index in [-0.39, 0.29) is 6.54 Å². The second-order valence-electron chi connectivity index (χ2n) is 4.69. The van der Waals surface area contributed by atoms with Gasteiger partial charge in [0.15, 0.2) is 0 Å². The maximum absolute atomic E-state index is 12.0. The van der Waals surface area contributed by atoms with Gasteiger partial charge < -0.3 is 26.8 Å². The van der Waals surface area contributed by atoms with E-state index >= 15 is 0 Å². The molecule has 1 aliphatic heterocycles. The van der Waals surface area contributed by atoms with Crippen molar-refractivity contribution in [3.8, 4) is 0 Å². The number of rotatable bonds is 5. The number of carbonyl (C=O) groups excluding carboxylic acids is 3. The van der Waals surface area contributed by atoms with Crippen molar-refractivity contribution >= 4 is 23.8 Å². The zero-order chi connectivity index (χ0) is 15.3. The molecule has 1 heterocycles. The second-order valence-corrected chi connectivity index (χ2v) is 4.69. The minimum Gasteiger partial charge on any atom is -0.480 e. The quantitative estimate of drug-likeness (QED) is 0.470. The van der Waals surface area contributed by atoms with Crippen LogP contribution in [0.1, 0.15) is 19.3 Å². The number of aliphatic carboxylic acids is 1. The molecule has 1 fully saturated rings. The number of likely N-dealkylation sites (tertiary alicyclic amines) is 1. The van der Waals surface area contributed by atoms with Crippen molar-refractivity contribution < 1.29 is 24.3 Å². The molecule has 0 aromatic rings. The van der Waals surface area contributed by atoms with E-state index in [2.05, 4.69) is 5.32 Å². The molecule has 9 heteroatoms. The monoisotopic (exact) mass is 286 g/mol. The lowest BCUT2D eigenvalue weighted by atomic mass is 9.97. The number of nitrogens with one attached hydrogen (secondary N) is 1. The Hall–Kier alpha value is -2.32. The average molecular weight is 286 g/mol. The van der Waals surface area contributed by atoms with Gasteiger partial charge in [0.2, 0.25) is 11.8 Å². The molecule has 0 aromatic heterocycles. The van der Waals surface area contributed by atoms with Crippen LogP contribution < -0.4 is 16.8 Å². The van der Waals surface area contributed by atoms with Crippen LogP contribution in [0.25, 0.3) is 0 Å². The van der Waals surface area contributed by atoms with E-state index in [9.17, 15) is 19.2 Å². The largest absolute Gasteiger partial charge is 0.480 e. The summed E-state index contributed by atoms with van der Waals surface area (Å²) in [7, 11) is 0. The first kappa shape index (κ1) is 15.7. The summed E-state index contributed by atoms with van der Waals surface area (Å²) < 4.78 is 0. The Morgan fingerprint density at radius 3 is 2.45 bits per heavy atom. The van der Waals surface area contributed by atoms with Gasteiger partial charge in [0.25, 0.3) is 0 Å². The molecule has 0 spiro atoms. The molecule has 9 nitrogen and oxygen atoms in total. The summed E-state index contributed by atoms with van der Waals surface area (Å²) in [6.07, 6.45) is 0.653. The number of urea groups is 1. The van der Waals surface area contributed by atoms with Crippen molar-refractivity contribution in [3.63, 3.8) is 0 Å². The third-order valence-electron chi connectivity index (χ3n) is 3.12. The van der Waals surface area contributed by atoms with E-state index < -0.39 is 42.2 Å². The first-order chi connectivity index (χ1) is 9.31. The smallest absolute Gasteiger partial charge is 0.326 e. The molecular formula is C11H18N4O5. The van der Waals surface area contributed by atoms with E-state index in [4.69, 9.17) is 16.6 Å². The second kappa shape index (κ2) is 6.73. The number of carbonyl (C=O) groups is 4. The number of hydrogen-bond donors (Lipinski definition) is 4. The molecule has 6 N–H and O–H groups in total. The van der Waals surface area contributed by atoms with Gasteiger partial charge in [0.1, 0.15) is 6.04 Å². The predicted octanol–water partition coefficient (Wildman–Crippen LogP) is -1.78. The maximum Gasteiger partial charge on any atom is 0.326 e. The van der Waals surface area contributed by atoms with Gasteiger partial charge in [-0.3, -0.25) is 9.59 Å². The number of nitrogens with two attached hydrogens (primary N) is 2. The molecule has 112 valence electrons. The lowest BCUT2D eigenvalue weighted by Crippen LogP contribution is -2.51. The van der Waals surface area contributed by atoms with Crippen LogP contribution in [0.15, 0.2) is 0 Å². The summed E-state index contributed by atoms with van der Waals surface area (Å²) >= 11 is 0. The predicted molar refractivity (Wildman–Crippen MR) is 67.3 cm³/mol. The number of piperidine rings is 1. The molecule has 0 radical (unpaired) electrons. The van der Waals surface area contributed by atoms with Crippen LogP contribution in [0.2, 0.25) is 0 Å². The van der Waals surface area contributed by atoms with Gasteiger partial charge in [-0.05, 0) is 12.8 Å². The van der Waals surface area contributed by atoms with Crippen molar-refractivity contribution in [2.75, 3.05) is 13.1 Å². The van der Waals surface area contributed by atoms with Crippen LogP contribution >= 0.6 is 0 Å². The van der Waals surface area contributed by atoms with Crippen LogP contribution in [0.3, 0.4) is 0 Å². The van der Waals surface area contributed by atoms with Crippen molar-refractivity contribution in [2.24, 2.45) is 17.4 Å². The Morgan fingerprint density at radius 2 is 1.95 bits per heavy atom. The molecule has 0 aliphatic carbocycles. The number of hydrogen-bond acceptors (Lipinski definition) is 4. The number of primary amides is 2. The highest BCUT2D eigenvalue weighted by Gasteiger charge is 2.30. The lowest BCUT2D eigenvalue weighted by molar-refractivity contribution is -0.144. The van der Waals surface area contributed by atoms with Crippen LogP contribution in [-0.4, -0.2) is 53.0 Å². The summed E-state index contributed by atoms with van der Waals surface area (Å²) in [4.78, 5) is 46.0. The van der Waals surface area contributed by atoms with Crippen LogP contribution in [-0.2, 0) is 14.4 Å². The summed E-state index contributed by atoms with van der Waals surface area (Å²) in [5.74, 6) is -3.21. The van der Waals surface area contributed by atoms with E-state index in [1.807, 2.05) is 0 Å². The molecule has 1 saturated heterocycles. The molecule has 0 aromatic carbocycles. The molecule has 1 aliphatic rings. The van der Waals surface area contributed by atoms with E-state index in [1.54, 1.807) is 0 Å². The van der Waals surface area contributed by atoms with Crippen LogP contribution in [0.4, 0.5) is 4.79 Å². The molecule has 2 atom stereocenters. The maximum atomic E-state index is 12.0. The first-order valence-corrected chi connectivity index (χ1v) is 6.17. The highest BCUT2D eigenvalue weighted by atomic mass is 16.4. The fraction of sp³-hybridized carbons (Fsp3) is 0.636. The van der Waals surface area contributed by atoms with Gasteiger partial charge in [0.05, 0.1) is 12.3 Å². The standard InChI is InChI=1S/C11H18N4O5/c12-8(16)4-7(10(18)19)14-9(17)6-2-1-3-15(5-6)11(13)20/h6-7H,1-5H2,(H2,12,16)(H2,13,20)(H,14,17)(H,18,19)/t6?,7-/m1/s1. The average Bonchev–Trinajstić information content (AvgIpc) is 2.37. The van der Waals surface area contributed by atoms with Crippen molar-refractivity contribution in [1.29, 1.82) is 0 Å². The normalized spacial score (nSPS) is 20.0. The minimum absolute atomic E-state index is 0.143.